The van der Waals surface area contributed by atoms with Crippen molar-refractivity contribution in [3.8, 4) is 0 Å². The quantitative estimate of drug-likeness (QED) is 0.847. The number of likely N-dealkylation sites (N-methyl/N-ethyl adjacent to an activating group) is 1. The highest BCUT2D eigenvalue weighted by Crippen LogP contribution is 2.41. The van der Waals surface area contributed by atoms with Gasteiger partial charge in [-0.05, 0) is 44.4 Å². The van der Waals surface area contributed by atoms with Crippen LogP contribution in [0.15, 0.2) is 24.3 Å². The van der Waals surface area contributed by atoms with Crippen molar-refractivity contribution in [2.75, 3.05) is 13.2 Å². The van der Waals surface area contributed by atoms with Gasteiger partial charge in [-0.25, -0.2) is 4.98 Å². The first-order valence-electron chi connectivity index (χ1n) is 7.48. The molecule has 1 fully saturated rings. The zero-order valence-corrected chi connectivity index (χ0v) is 12.3. The predicted octanol–water partition coefficient (Wildman–Crippen LogP) is 2.10. The van der Waals surface area contributed by atoms with Crippen LogP contribution < -0.4 is 5.32 Å². The molecule has 4 heteroatoms. The first-order valence-corrected chi connectivity index (χ1v) is 7.48. The van der Waals surface area contributed by atoms with Crippen LogP contribution in [0.2, 0.25) is 0 Å². The fraction of sp³-hybridized carbons (Fsp3) is 0.562. The molecule has 1 aliphatic carbocycles. The van der Waals surface area contributed by atoms with Crippen molar-refractivity contribution >= 4 is 11.0 Å². The molecule has 1 unspecified atom stereocenters. The van der Waals surface area contributed by atoms with Gasteiger partial charge in [-0.15, -0.1) is 0 Å². The van der Waals surface area contributed by atoms with Gasteiger partial charge in [0, 0.05) is 6.54 Å². The number of aliphatic hydroxyl groups excluding tert-OH is 1. The van der Waals surface area contributed by atoms with Crippen molar-refractivity contribution in [3.05, 3.63) is 30.1 Å². The largest absolute Gasteiger partial charge is 0.394 e. The number of imidazole rings is 1. The molecule has 0 radical (unpaired) electrons. The van der Waals surface area contributed by atoms with E-state index in [1.807, 2.05) is 25.1 Å². The Morgan fingerprint density at radius 2 is 2.15 bits per heavy atom. The lowest BCUT2D eigenvalue weighted by molar-refractivity contribution is 0.124. The molecular weight excluding hydrogens is 250 g/mol. The summed E-state index contributed by atoms with van der Waals surface area (Å²) >= 11 is 0. The third kappa shape index (κ3) is 2.23. The summed E-state index contributed by atoms with van der Waals surface area (Å²) in [5.74, 6) is 1.59. The minimum absolute atomic E-state index is 0.178. The highest BCUT2D eigenvalue weighted by Gasteiger charge is 2.44. The number of fused-ring (bicyclic) bond motifs is 1. The molecule has 1 atom stereocenters. The maximum atomic E-state index is 9.98. The molecule has 0 saturated heterocycles. The Kier molecular flexibility index (Phi) is 3.52. The van der Waals surface area contributed by atoms with E-state index in [0.29, 0.717) is 5.92 Å². The summed E-state index contributed by atoms with van der Waals surface area (Å²) < 4.78 is 2.24. The van der Waals surface area contributed by atoms with Gasteiger partial charge in [0.05, 0.1) is 23.2 Å². The number of hydrogen-bond donors (Lipinski definition) is 2. The van der Waals surface area contributed by atoms with Crippen molar-refractivity contribution in [3.63, 3.8) is 0 Å². The highest BCUT2D eigenvalue weighted by atomic mass is 16.3. The molecule has 2 N–H and O–H groups in total. The molecule has 3 rings (SSSR count). The number of aryl methyl sites for hydroxylation is 1. The monoisotopic (exact) mass is 273 g/mol. The molecule has 1 aromatic heterocycles. The number of nitrogens with one attached hydrogen (secondary N) is 1. The number of aliphatic hydroxyl groups is 1. The lowest BCUT2D eigenvalue weighted by Crippen LogP contribution is -2.53. The Hall–Kier alpha value is -1.39. The molecule has 0 aliphatic heterocycles. The minimum Gasteiger partial charge on any atom is -0.394 e. The molecule has 1 aliphatic rings. The third-order valence-corrected chi connectivity index (χ3v) is 4.46. The minimum atomic E-state index is -0.205. The summed E-state index contributed by atoms with van der Waals surface area (Å²) in [5, 5.41) is 13.5. The van der Waals surface area contributed by atoms with Gasteiger partial charge >= 0.3 is 0 Å². The van der Waals surface area contributed by atoms with Crippen LogP contribution in [0.25, 0.3) is 11.0 Å². The summed E-state index contributed by atoms with van der Waals surface area (Å²) in [7, 11) is 0. The fourth-order valence-corrected chi connectivity index (χ4v) is 3.23. The van der Waals surface area contributed by atoms with Crippen LogP contribution in [0.1, 0.15) is 25.6 Å². The van der Waals surface area contributed by atoms with Crippen LogP contribution in [0.3, 0.4) is 0 Å². The molecule has 20 heavy (non-hydrogen) atoms. The lowest BCUT2D eigenvalue weighted by Gasteiger charge is -2.34. The normalized spacial score (nSPS) is 18.4. The molecule has 0 amide bonds. The van der Waals surface area contributed by atoms with E-state index >= 15 is 0 Å². The average Bonchev–Trinajstić information content (AvgIpc) is 3.25. The van der Waals surface area contributed by atoms with Crippen molar-refractivity contribution in [1.29, 1.82) is 0 Å². The maximum absolute atomic E-state index is 9.98. The van der Waals surface area contributed by atoms with E-state index < -0.39 is 0 Å². The van der Waals surface area contributed by atoms with Crippen LogP contribution in [-0.4, -0.2) is 33.3 Å². The van der Waals surface area contributed by atoms with E-state index in [0.717, 1.165) is 29.9 Å². The molecule has 0 bridgehead atoms. The van der Waals surface area contributed by atoms with E-state index in [4.69, 9.17) is 0 Å². The van der Waals surface area contributed by atoms with Crippen molar-refractivity contribution < 1.29 is 5.11 Å². The molecule has 1 aromatic carbocycles. The van der Waals surface area contributed by atoms with Gasteiger partial charge in [-0.3, -0.25) is 0 Å². The molecular formula is C16H23N3O. The summed E-state index contributed by atoms with van der Waals surface area (Å²) in [6.07, 6.45) is 2.42. The second-order valence-corrected chi connectivity index (χ2v) is 5.85. The lowest BCUT2D eigenvalue weighted by atomic mass is 9.93. The number of nitrogens with zero attached hydrogens (tertiary/aromatic N) is 2. The van der Waals surface area contributed by atoms with Gasteiger partial charge in [0.2, 0.25) is 0 Å². The number of rotatable bonds is 6. The first-order chi connectivity index (χ1) is 9.70. The zero-order valence-electron chi connectivity index (χ0n) is 12.3. The Balaban J connectivity index is 2.00. The topological polar surface area (TPSA) is 50.1 Å². The number of benzene rings is 1. The van der Waals surface area contributed by atoms with Crippen molar-refractivity contribution in [2.45, 2.75) is 38.8 Å². The fourth-order valence-electron chi connectivity index (χ4n) is 3.23. The first kappa shape index (κ1) is 13.6. The average molecular weight is 273 g/mol. The molecule has 0 spiro atoms. The molecule has 4 nitrogen and oxygen atoms in total. The van der Waals surface area contributed by atoms with Gasteiger partial charge in [-0.1, -0.05) is 19.1 Å². The highest BCUT2D eigenvalue weighted by molar-refractivity contribution is 5.75. The predicted molar refractivity (Wildman–Crippen MR) is 80.7 cm³/mol. The Morgan fingerprint density at radius 3 is 2.80 bits per heavy atom. The Labute approximate surface area is 119 Å². The summed E-state index contributed by atoms with van der Waals surface area (Å²) in [6.45, 7) is 5.99. The number of aromatic nitrogens is 2. The third-order valence-electron chi connectivity index (χ3n) is 4.46. The Bertz CT molecular complexity index is 603. The van der Waals surface area contributed by atoms with Gasteiger partial charge in [0.15, 0.2) is 0 Å². The van der Waals surface area contributed by atoms with Crippen molar-refractivity contribution in [2.24, 2.45) is 5.92 Å². The summed E-state index contributed by atoms with van der Waals surface area (Å²) in [6, 6.07) is 8.22. The molecule has 108 valence electrons. The van der Waals surface area contributed by atoms with Gasteiger partial charge in [0.1, 0.15) is 5.82 Å². The smallest absolute Gasteiger partial charge is 0.106 e. The van der Waals surface area contributed by atoms with E-state index in [2.05, 4.69) is 27.9 Å². The van der Waals surface area contributed by atoms with E-state index in [9.17, 15) is 5.11 Å². The van der Waals surface area contributed by atoms with Crippen LogP contribution in [0, 0.1) is 12.8 Å². The zero-order chi connectivity index (χ0) is 14.2. The van der Waals surface area contributed by atoms with Crippen LogP contribution >= 0.6 is 0 Å². The van der Waals surface area contributed by atoms with Crippen molar-refractivity contribution in [1.82, 2.24) is 14.9 Å². The Morgan fingerprint density at radius 1 is 1.40 bits per heavy atom. The van der Waals surface area contributed by atoms with Gasteiger partial charge in [0.25, 0.3) is 0 Å². The number of hydrogen-bond acceptors (Lipinski definition) is 3. The molecule has 1 heterocycles. The molecule has 1 saturated carbocycles. The standard InChI is InChI=1S/C16H23N3O/c1-3-17-16(11-20,13-8-9-13)10-19-12(2)18-14-6-4-5-7-15(14)19/h4-7,13,17,20H,3,8-11H2,1-2H3. The van der Waals surface area contributed by atoms with Gasteiger partial charge in [-0.2, -0.15) is 0 Å². The second-order valence-electron chi connectivity index (χ2n) is 5.85. The maximum Gasteiger partial charge on any atom is 0.106 e. The van der Waals surface area contributed by atoms with E-state index in [1.54, 1.807) is 0 Å². The van der Waals surface area contributed by atoms with Gasteiger partial charge < -0.3 is 15.0 Å². The van der Waals surface area contributed by atoms with Crippen LogP contribution in [0.5, 0.6) is 0 Å². The SMILES string of the molecule is CCNC(CO)(Cn1c(C)nc2ccccc21)C1CC1. The number of para-hydroxylation sites is 2. The summed E-state index contributed by atoms with van der Waals surface area (Å²) in [5.41, 5.74) is 1.98. The van der Waals surface area contributed by atoms with Crippen LogP contribution in [0.4, 0.5) is 0 Å². The van der Waals surface area contributed by atoms with E-state index in [-0.39, 0.29) is 12.1 Å². The summed E-state index contributed by atoms with van der Waals surface area (Å²) in [4.78, 5) is 4.62. The van der Waals surface area contributed by atoms with E-state index in [1.165, 1.54) is 12.8 Å². The molecule has 2 aromatic rings. The second kappa shape index (κ2) is 5.19. The van der Waals surface area contributed by atoms with Crippen LogP contribution in [-0.2, 0) is 6.54 Å².